The number of ether oxygens (including phenoxy) is 1. The standard InChI is InChI=1S/C21H24FN2O2P/c1-12(24-21(25)14-4-5-14)11-23-20-13(2)19(26-3)9-7-16(20)17-10-15(27)6-8-18(17)22/h6,8,10-11,14H,1,4-5,7,9,27H2,2-3H3,(H,24,25)/b23-11-. The van der Waals surface area contributed by atoms with Crippen molar-refractivity contribution in [2.75, 3.05) is 7.11 Å². The number of carbonyl (C=O) groups is 1. The molecule has 0 radical (unpaired) electrons. The Bertz CT molecular complexity index is 882. The van der Waals surface area contributed by atoms with Gasteiger partial charge in [0.25, 0.3) is 0 Å². The van der Waals surface area contributed by atoms with Gasteiger partial charge in [0.05, 0.1) is 24.7 Å². The summed E-state index contributed by atoms with van der Waals surface area (Å²) in [6, 6.07) is 4.99. The minimum atomic E-state index is -0.279. The van der Waals surface area contributed by atoms with Crippen molar-refractivity contribution in [3.8, 4) is 0 Å². The lowest BCUT2D eigenvalue weighted by Gasteiger charge is -2.22. The average molecular weight is 386 g/mol. The molecule has 2 aliphatic carbocycles. The van der Waals surface area contributed by atoms with Gasteiger partial charge in [-0.15, -0.1) is 9.24 Å². The Morgan fingerprint density at radius 1 is 1.41 bits per heavy atom. The summed E-state index contributed by atoms with van der Waals surface area (Å²) in [6.07, 6.45) is 4.69. The largest absolute Gasteiger partial charge is 0.501 e. The topological polar surface area (TPSA) is 50.7 Å². The number of benzene rings is 1. The molecule has 4 nitrogen and oxygen atoms in total. The molecule has 1 N–H and O–H groups in total. The zero-order chi connectivity index (χ0) is 19.6. The molecule has 1 amide bonds. The van der Waals surface area contributed by atoms with Gasteiger partial charge >= 0.3 is 0 Å². The third-order valence-electron chi connectivity index (χ3n) is 4.80. The van der Waals surface area contributed by atoms with E-state index in [2.05, 4.69) is 26.1 Å². The van der Waals surface area contributed by atoms with E-state index in [9.17, 15) is 9.18 Å². The number of hydrogen-bond acceptors (Lipinski definition) is 3. The molecule has 0 saturated heterocycles. The van der Waals surface area contributed by atoms with Gasteiger partial charge in [-0.05, 0) is 49.2 Å². The van der Waals surface area contributed by atoms with Gasteiger partial charge in [0.15, 0.2) is 0 Å². The summed E-state index contributed by atoms with van der Waals surface area (Å²) in [7, 11) is 4.22. The second-order valence-corrected chi connectivity index (χ2v) is 7.53. The third kappa shape index (κ3) is 4.54. The monoisotopic (exact) mass is 386 g/mol. The van der Waals surface area contributed by atoms with Crippen LogP contribution in [0.5, 0.6) is 0 Å². The van der Waals surface area contributed by atoms with Crippen LogP contribution in [0.3, 0.4) is 0 Å². The number of nitrogens with one attached hydrogen (secondary N) is 1. The van der Waals surface area contributed by atoms with E-state index >= 15 is 0 Å². The van der Waals surface area contributed by atoms with Crippen LogP contribution in [-0.4, -0.2) is 19.2 Å². The number of allylic oxidation sites excluding steroid dienone is 4. The fourth-order valence-electron chi connectivity index (χ4n) is 3.15. The van der Waals surface area contributed by atoms with Gasteiger partial charge in [-0.25, -0.2) is 4.39 Å². The van der Waals surface area contributed by atoms with E-state index in [1.807, 2.05) is 6.92 Å². The summed E-state index contributed by atoms with van der Waals surface area (Å²) in [5.74, 6) is 0.635. The first-order valence-electron chi connectivity index (χ1n) is 8.97. The maximum Gasteiger partial charge on any atom is 0.227 e. The van der Waals surface area contributed by atoms with E-state index < -0.39 is 0 Å². The Kier molecular flexibility index (Phi) is 5.91. The molecule has 1 aromatic rings. The first kappa shape index (κ1) is 19.5. The molecule has 1 aromatic carbocycles. The molecule has 0 spiro atoms. The summed E-state index contributed by atoms with van der Waals surface area (Å²) in [5.41, 5.74) is 3.32. The molecule has 0 heterocycles. The number of carbonyl (C=O) groups excluding carboxylic acids is 1. The van der Waals surface area contributed by atoms with Crippen molar-refractivity contribution in [1.82, 2.24) is 5.32 Å². The van der Waals surface area contributed by atoms with Gasteiger partial charge in [-0.2, -0.15) is 0 Å². The smallest absolute Gasteiger partial charge is 0.227 e. The summed E-state index contributed by atoms with van der Waals surface area (Å²) < 4.78 is 19.9. The quantitative estimate of drug-likeness (QED) is 0.596. The van der Waals surface area contributed by atoms with Crippen LogP contribution in [0, 0.1) is 11.7 Å². The molecule has 3 rings (SSSR count). The van der Waals surface area contributed by atoms with Gasteiger partial charge in [0.2, 0.25) is 5.91 Å². The van der Waals surface area contributed by atoms with Crippen LogP contribution in [0.15, 0.2) is 52.5 Å². The molecular formula is C21H24FN2O2P. The average Bonchev–Trinajstić information content (AvgIpc) is 3.48. The van der Waals surface area contributed by atoms with E-state index in [1.165, 1.54) is 12.3 Å². The molecule has 0 aromatic heterocycles. The molecule has 1 fully saturated rings. The van der Waals surface area contributed by atoms with Gasteiger partial charge < -0.3 is 10.1 Å². The Morgan fingerprint density at radius 3 is 2.81 bits per heavy atom. The van der Waals surface area contributed by atoms with E-state index in [0.29, 0.717) is 29.8 Å². The lowest BCUT2D eigenvalue weighted by atomic mass is 9.90. The third-order valence-corrected chi connectivity index (χ3v) is 5.16. The van der Waals surface area contributed by atoms with E-state index in [0.717, 1.165) is 35.1 Å². The lowest BCUT2D eigenvalue weighted by molar-refractivity contribution is -0.121. The zero-order valence-electron chi connectivity index (χ0n) is 15.6. The fraction of sp³-hybridized carbons (Fsp3) is 0.333. The fourth-order valence-corrected chi connectivity index (χ4v) is 3.41. The molecule has 0 bridgehead atoms. The van der Waals surface area contributed by atoms with Gasteiger partial charge in [-0.1, -0.05) is 12.6 Å². The maximum absolute atomic E-state index is 14.5. The number of amides is 1. The molecule has 0 aliphatic heterocycles. The van der Waals surface area contributed by atoms with Crippen molar-refractivity contribution in [2.24, 2.45) is 10.9 Å². The first-order chi connectivity index (χ1) is 12.9. The van der Waals surface area contributed by atoms with Crippen molar-refractivity contribution in [1.29, 1.82) is 0 Å². The molecule has 27 heavy (non-hydrogen) atoms. The van der Waals surface area contributed by atoms with Crippen molar-refractivity contribution >= 4 is 32.2 Å². The van der Waals surface area contributed by atoms with E-state index in [4.69, 9.17) is 4.74 Å². The predicted octanol–water partition coefficient (Wildman–Crippen LogP) is 3.86. The minimum absolute atomic E-state index is 0.0177. The highest BCUT2D eigenvalue weighted by Crippen LogP contribution is 2.37. The summed E-state index contributed by atoms with van der Waals surface area (Å²) in [4.78, 5) is 16.4. The number of aliphatic imine (C=N–C) groups is 1. The molecule has 1 saturated carbocycles. The highest BCUT2D eigenvalue weighted by Gasteiger charge is 2.29. The number of hydrogen-bond donors (Lipinski definition) is 1. The first-order valence-corrected chi connectivity index (χ1v) is 9.55. The van der Waals surface area contributed by atoms with E-state index in [-0.39, 0.29) is 17.6 Å². The molecule has 2 aliphatic rings. The Morgan fingerprint density at radius 2 is 2.15 bits per heavy atom. The number of halogens is 1. The molecule has 1 unspecified atom stereocenters. The molecule has 6 heteroatoms. The van der Waals surface area contributed by atoms with Crippen LogP contribution >= 0.6 is 9.24 Å². The number of methoxy groups -OCH3 is 1. The van der Waals surface area contributed by atoms with Crippen molar-refractivity contribution in [2.45, 2.75) is 32.6 Å². The van der Waals surface area contributed by atoms with Crippen LogP contribution in [0.2, 0.25) is 0 Å². The van der Waals surface area contributed by atoms with E-state index in [1.54, 1.807) is 19.2 Å². The highest BCUT2D eigenvalue weighted by molar-refractivity contribution is 7.27. The van der Waals surface area contributed by atoms with Gasteiger partial charge in [-0.3, -0.25) is 9.79 Å². The second-order valence-electron chi connectivity index (χ2n) is 6.87. The Labute approximate surface area is 161 Å². The lowest BCUT2D eigenvalue weighted by Crippen LogP contribution is -2.24. The second kappa shape index (κ2) is 8.18. The van der Waals surface area contributed by atoms with Crippen LogP contribution in [0.25, 0.3) is 5.57 Å². The molecular weight excluding hydrogens is 362 g/mol. The van der Waals surface area contributed by atoms with Crippen LogP contribution in [-0.2, 0) is 9.53 Å². The van der Waals surface area contributed by atoms with Crippen LogP contribution in [0.1, 0.15) is 38.2 Å². The summed E-state index contributed by atoms with van der Waals surface area (Å²) in [5, 5.41) is 3.67. The Balaban J connectivity index is 1.96. The predicted molar refractivity (Wildman–Crippen MR) is 110 cm³/mol. The van der Waals surface area contributed by atoms with Crippen molar-refractivity contribution < 1.29 is 13.9 Å². The normalized spacial score (nSPS) is 17.5. The van der Waals surface area contributed by atoms with Gasteiger partial charge in [0, 0.05) is 23.5 Å². The minimum Gasteiger partial charge on any atom is -0.501 e. The molecule has 142 valence electrons. The highest BCUT2D eigenvalue weighted by atomic mass is 31.0. The van der Waals surface area contributed by atoms with Crippen molar-refractivity contribution in [3.63, 3.8) is 0 Å². The number of nitrogens with zero attached hydrogens (tertiary/aromatic N) is 1. The zero-order valence-corrected chi connectivity index (χ0v) is 16.8. The van der Waals surface area contributed by atoms with Gasteiger partial charge in [0.1, 0.15) is 11.6 Å². The van der Waals surface area contributed by atoms with Crippen molar-refractivity contribution in [3.05, 3.63) is 58.9 Å². The summed E-state index contributed by atoms with van der Waals surface area (Å²) >= 11 is 0. The van der Waals surface area contributed by atoms with Crippen LogP contribution < -0.4 is 10.6 Å². The number of rotatable bonds is 6. The van der Waals surface area contributed by atoms with Crippen LogP contribution in [0.4, 0.5) is 4.39 Å². The Hall–Kier alpha value is -2.26. The molecule has 1 atom stereocenters. The maximum atomic E-state index is 14.5. The summed E-state index contributed by atoms with van der Waals surface area (Å²) in [6.45, 7) is 5.77. The SMILES string of the molecule is C=C(/C=N\C1=C(c2cc(P)ccc2F)CCC(OC)=C1C)NC(=O)C1CC1.